The molecule has 0 fully saturated rings. The van der Waals surface area contributed by atoms with E-state index in [0.717, 1.165) is 10.5 Å². The van der Waals surface area contributed by atoms with E-state index >= 15 is 0 Å². The summed E-state index contributed by atoms with van der Waals surface area (Å²) >= 11 is 1.75. The second-order valence-corrected chi connectivity index (χ2v) is 11.3. The largest absolute Gasteiger partial charge is 0.236 e. The van der Waals surface area contributed by atoms with Gasteiger partial charge in [0.05, 0.1) is 10.2 Å². The molecular formula is C26H21NS2. The van der Waals surface area contributed by atoms with Crippen molar-refractivity contribution in [2.45, 2.75) is 14.7 Å². The van der Waals surface area contributed by atoms with E-state index < -0.39 is 10.0 Å². The Morgan fingerprint density at radius 3 is 1.69 bits per heavy atom. The Kier molecular flexibility index (Phi) is 4.70. The van der Waals surface area contributed by atoms with Crippen molar-refractivity contribution >= 4 is 31.6 Å². The van der Waals surface area contributed by atoms with Gasteiger partial charge in [0.25, 0.3) is 0 Å². The number of para-hydroxylation sites is 1. The SMILES string of the molecule is CS(c1ccccc1)(c1ccccc1)c1ccc(-c2nc3ccccc3s2)cc1. The summed E-state index contributed by atoms with van der Waals surface area (Å²) in [4.78, 5) is 8.93. The average molecular weight is 412 g/mol. The van der Waals surface area contributed by atoms with E-state index in [2.05, 4.69) is 109 Å². The summed E-state index contributed by atoms with van der Waals surface area (Å²) in [5.41, 5.74) is 2.25. The highest BCUT2D eigenvalue weighted by atomic mass is 32.3. The summed E-state index contributed by atoms with van der Waals surface area (Å²) in [6, 6.07) is 39.1. The monoisotopic (exact) mass is 411 g/mol. The first-order chi connectivity index (χ1) is 14.2. The number of fused-ring (bicyclic) bond motifs is 1. The van der Waals surface area contributed by atoms with Gasteiger partial charge in [0, 0.05) is 5.56 Å². The van der Waals surface area contributed by atoms with Gasteiger partial charge in [-0.05, 0) is 69.5 Å². The molecule has 0 aliphatic heterocycles. The van der Waals surface area contributed by atoms with Crippen LogP contribution in [0.3, 0.4) is 0 Å². The smallest absolute Gasteiger partial charge is 0.124 e. The molecule has 0 unspecified atom stereocenters. The molecule has 0 N–H and O–H groups in total. The Morgan fingerprint density at radius 1 is 0.586 bits per heavy atom. The van der Waals surface area contributed by atoms with Crippen LogP contribution < -0.4 is 0 Å². The third-order valence-corrected chi connectivity index (χ3v) is 10.0. The Labute approximate surface area is 177 Å². The van der Waals surface area contributed by atoms with Crippen LogP contribution >= 0.6 is 21.4 Å². The van der Waals surface area contributed by atoms with Gasteiger partial charge in [0.15, 0.2) is 0 Å². The van der Waals surface area contributed by atoms with Crippen LogP contribution in [0.1, 0.15) is 0 Å². The second kappa shape index (κ2) is 7.51. The molecule has 4 aromatic carbocycles. The fraction of sp³-hybridized carbons (Fsp3) is 0.0385. The van der Waals surface area contributed by atoms with E-state index in [1.165, 1.54) is 24.9 Å². The van der Waals surface area contributed by atoms with Gasteiger partial charge < -0.3 is 0 Å². The van der Waals surface area contributed by atoms with E-state index in [0.29, 0.717) is 0 Å². The van der Waals surface area contributed by atoms with Gasteiger partial charge in [-0.2, -0.15) is 10.0 Å². The number of benzene rings is 4. The highest BCUT2D eigenvalue weighted by molar-refractivity contribution is 8.33. The zero-order valence-electron chi connectivity index (χ0n) is 16.2. The third kappa shape index (κ3) is 3.27. The van der Waals surface area contributed by atoms with Crippen LogP contribution in [-0.2, 0) is 0 Å². The molecule has 5 aromatic rings. The van der Waals surface area contributed by atoms with Crippen LogP contribution in [0.15, 0.2) is 124 Å². The zero-order chi connectivity index (χ0) is 19.7. The molecule has 0 aliphatic rings. The molecule has 0 amide bonds. The van der Waals surface area contributed by atoms with Crippen molar-refractivity contribution in [2.75, 3.05) is 6.26 Å². The minimum Gasteiger partial charge on any atom is -0.236 e. The van der Waals surface area contributed by atoms with Gasteiger partial charge in [-0.1, -0.05) is 60.7 Å². The normalized spacial score (nSPS) is 12.2. The second-order valence-electron chi connectivity index (χ2n) is 7.06. The van der Waals surface area contributed by atoms with Crippen molar-refractivity contribution in [3.05, 3.63) is 109 Å². The number of thiazole rings is 1. The summed E-state index contributed by atoms with van der Waals surface area (Å²) in [7, 11) is -1.32. The minimum atomic E-state index is -1.32. The number of rotatable bonds is 4. The van der Waals surface area contributed by atoms with Crippen molar-refractivity contribution < 1.29 is 0 Å². The molecule has 3 heteroatoms. The van der Waals surface area contributed by atoms with Crippen molar-refractivity contribution in [1.29, 1.82) is 0 Å². The first kappa shape index (κ1) is 18.2. The maximum Gasteiger partial charge on any atom is 0.124 e. The van der Waals surface area contributed by atoms with Gasteiger partial charge in [-0.25, -0.2) is 4.98 Å². The average Bonchev–Trinajstić information content (AvgIpc) is 3.24. The topological polar surface area (TPSA) is 12.9 Å². The van der Waals surface area contributed by atoms with E-state index in [1.807, 2.05) is 6.07 Å². The lowest BCUT2D eigenvalue weighted by molar-refractivity contribution is 1.29. The van der Waals surface area contributed by atoms with Crippen LogP contribution in [0.2, 0.25) is 0 Å². The van der Waals surface area contributed by atoms with E-state index in [9.17, 15) is 0 Å². The van der Waals surface area contributed by atoms with Crippen LogP contribution in [0.4, 0.5) is 0 Å². The van der Waals surface area contributed by atoms with Gasteiger partial charge >= 0.3 is 0 Å². The molecule has 1 aromatic heterocycles. The Balaban J connectivity index is 1.60. The van der Waals surface area contributed by atoms with Crippen LogP contribution in [0.5, 0.6) is 0 Å². The Hall–Kier alpha value is -2.88. The molecule has 1 nitrogen and oxygen atoms in total. The fourth-order valence-corrected chi connectivity index (χ4v) is 7.53. The Bertz CT molecular complexity index is 1170. The van der Waals surface area contributed by atoms with Crippen LogP contribution in [0.25, 0.3) is 20.8 Å². The molecule has 0 spiro atoms. The first-order valence-electron chi connectivity index (χ1n) is 9.60. The molecule has 29 heavy (non-hydrogen) atoms. The quantitative estimate of drug-likeness (QED) is 0.293. The van der Waals surface area contributed by atoms with Gasteiger partial charge in [-0.3, -0.25) is 0 Å². The highest BCUT2D eigenvalue weighted by Crippen LogP contribution is 2.65. The molecule has 0 aliphatic carbocycles. The van der Waals surface area contributed by atoms with Gasteiger partial charge in [0.1, 0.15) is 5.01 Å². The van der Waals surface area contributed by atoms with Crippen molar-refractivity contribution in [3.63, 3.8) is 0 Å². The van der Waals surface area contributed by atoms with Crippen molar-refractivity contribution in [3.8, 4) is 10.6 Å². The van der Waals surface area contributed by atoms with E-state index in [4.69, 9.17) is 4.98 Å². The number of hydrogen-bond acceptors (Lipinski definition) is 2. The summed E-state index contributed by atoms with van der Waals surface area (Å²) in [6.45, 7) is 0. The highest BCUT2D eigenvalue weighted by Gasteiger charge is 2.25. The first-order valence-corrected chi connectivity index (χ1v) is 12.5. The maximum atomic E-state index is 4.82. The summed E-state index contributed by atoms with van der Waals surface area (Å²) in [5, 5.41) is 1.08. The van der Waals surface area contributed by atoms with Crippen molar-refractivity contribution in [1.82, 2.24) is 4.98 Å². The summed E-state index contributed by atoms with van der Waals surface area (Å²) in [5.74, 6) is 0. The van der Waals surface area contributed by atoms with Gasteiger partial charge in [0.2, 0.25) is 0 Å². The fourth-order valence-electron chi connectivity index (χ4n) is 3.66. The molecule has 1 heterocycles. The molecule has 0 bridgehead atoms. The van der Waals surface area contributed by atoms with Crippen LogP contribution in [-0.4, -0.2) is 11.2 Å². The standard InChI is InChI=1S/C26H21NS2/c1-29(21-10-4-2-5-11-21,22-12-6-3-7-13-22)23-18-16-20(17-19-23)26-27-24-14-8-9-15-25(24)28-26/h2-19H,1H3. The predicted octanol–water partition coefficient (Wildman–Crippen LogP) is 7.87. The lowest BCUT2D eigenvalue weighted by Crippen LogP contribution is -2.01. The minimum absolute atomic E-state index is 1.07. The summed E-state index contributed by atoms with van der Waals surface area (Å²) in [6.07, 6.45) is 2.39. The van der Waals surface area contributed by atoms with E-state index in [-0.39, 0.29) is 0 Å². The molecule has 0 atom stereocenters. The van der Waals surface area contributed by atoms with E-state index in [1.54, 1.807) is 11.3 Å². The zero-order valence-corrected chi connectivity index (χ0v) is 17.8. The molecule has 5 rings (SSSR count). The van der Waals surface area contributed by atoms with Gasteiger partial charge in [-0.15, -0.1) is 11.3 Å². The maximum absolute atomic E-state index is 4.82. The molecular weight excluding hydrogens is 390 g/mol. The van der Waals surface area contributed by atoms with Crippen molar-refractivity contribution in [2.24, 2.45) is 0 Å². The predicted molar refractivity (Wildman–Crippen MR) is 126 cm³/mol. The number of aromatic nitrogens is 1. The Morgan fingerprint density at radius 2 is 1.10 bits per heavy atom. The molecule has 0 radical (unpaired) electrons. The lowest BCUT2D eigenvalue weighted by atomic mass is 10.2. The summed E-state index contributed by atoms with van der Waals surface area (Å²) < 4.78 is 1.23. The molecule has 0 saturated heterocycles. The van der Waals surface area contributed by atoms with Crippen LogP contribution in [0, 0.1) is 0 Å². The third-order valence-electron chi connectivity index (χ3n) is 5.30. The number of nitrogens with zero attached hydrogens (tertiary/aromatic N) is 1. The number of hydrogen-bond donors (Lipinski definition) is 0. The molecule has 0 saturated carbocycles. The molecule has 142 valence electrons. The lowest BCUT2D eigenvalue weighted by Gasteiger charge is -2.37.